The first-order valence-electron chi connectivity index (χ1n) is 13.2. The van der Waals surface area contributed by atoms with Gasteiger partial charge in [0.15, 0.2) is 0 Å². The van der Waals surface area contributed by atoms with Crippen LogP contribution in [0.2, 0.25) is 5.02 Å². The lowest BCUT2D eigenvalue weighted by molar-refractivity contribution is -0.144. The summed E-state index contributed by atoms with van der Waals surface area (Å²) in [7, 11) is 0. The van der Waals surface area contributed by atoms with E-state index in [1.807, 2.05) is 44.2 Å². The van der Waals surface area contributed by atoms with Crippen LogP contribution in [0.5, 0.6) is 0 Å². The molecule has 0 radical (unpaired) electrons. The molecule has 6 atom stereocenters. The van der Waals surface area contributed by atoms with Crippen LogP contribution < -0.4 is 10.6 Å². The Hall–Kier alpha value is -2.94. The summed E-state index contributed by atoms with van der Waals surface area (Å²) in [6.07, 6.45) is 1.15. The summed E-state index contributed by atoms with van der Waals surface area (Å²) in [6, 6.07) is 14.8. The Balaban J connectivity index is 1.46. The number of amides is 3. The van der Waals surface area contributed by atoms with Gasteiger partial charge in [-0.25, -0.2) is 0 Å². The molecular weight excluding hydrogens is 506 g/mol. The van der Waals surface area contributed by atoms with Crippen molar-refractivity contribution in [2.45, 2.75) is 63.4 Å². The zero-order chi connectivity index (χ0) is 27.0. The largest absolute Gasteiger partial charge is 0.394 e. The van der Waals surface area contributed by atoms with Gasteiger partial charge in [-0.2, -0.15) is 0 Å². The number of nitrogens with zero attached hydrogens (tertiary/aromatic N) is 1. The molecule has 3 aliphatic rings. The van der Waals surface area contributed by atoms with Crippen LogP contribution in [0.1, 0.15) is 38.7 Å². The zero-order valence-corrected chi connectivity index (χ0v) is 22.4. The molecule has 2 aromatic rings. The number of halogens is 1. The molecule has 1 spiro atoms. The quantitative estimate of drug-likeness (QED) is 0.453. The third kappa shape index (κ3) is 4.70. The van der Waals surface area contributed by atoms with E-state index in [1.54, 1.807) is 24.3 Å². The van der Waals surface area contributed by atoms with Crippen LogP contribution in [0.4, 0.5) is 5.69 Å². The molecule has 2 bridgehead atoms. The van der Waals surface area contributed by atoms with Gasteiger partial charge in [0.25, 0.3) is 0 Å². The zero-order valence-electron chi connectivity index (χ0n) is 21.6. The number of carbonyl (C=O) groups excluding carboxylic acids is 3. The Morgan fingerprint density at radius 2 is 1.84 bits per heavy atom. The number of hydrogen-bond donors (Lipinski definition) is 3. The molecule has 0 saturated carbocycles. The van der Waals surface area contributed by atoms with E-state index >= 15 is 0 Å². The Morgan fingerprint density at radius 1 is 1.13 bits per heavy atom. The van der Waals surface area contributed by atoms with Gasteiger partial charge in [-0.1, -0.05) is 55.8 Å². The molecule has 3 saturated heterocycles. The molecule has 0 aromatic heterocycles. The second kappa shape index (κ2) is 10.7. The number of rotatable bonds is 9. The first kappa shape index (κ1) is 26.7. The van der Waals surface area contributed by atoms with Gasteiger partial charge in [-0.15, -0.1) is 0 Å². The lowest BCUT2D eigenvalue weighted by Crippen LogP contribution is -2.56. The summed E-state index contributed by atoms with van der Waals surface area (Å²) in [5.74, 6) is -2.25. The normalized spacial score (nSPS) is 28.4. The summed E-state index contributed by atoms with van der Waals surface area (Å²) < 4.78 is 6.47. The number of aliphatic hydroxyl groups excluding tert-OH is 1. The maximum Gasteiger partial charge on any atom is 0.250 e. The standard InChI is InChI=1S/C29H34ClN3O5/c1-17(2)14-21(16-34)33-25(27(36)32-20-10-8-19(30)9-11-20)29-13-12-22(38-29)23(24(29)28(33)37)26(35)31-15-18-6-4-3-5-7-18/h3-11,17,21-25,34H,12-16H2,1-2H3,(H,31,35)(H,32,36)/t21-,22+,23-,24+,25?,29?/m1/s1. The fourth-order valence-corrected chi connectivity index (χ4v) is 6.68. The molecule has 38 heavy (non-hydrogen) atoms. The fourth-order valence-electron chi connectivity index (χ4n) is 6.55. The van der Waals surface area contributed by atoms with Gasteiger partial charge < -0.3 is 25.4 Å². The highest BCUT2D eigenvalue weighted by Crippen LogP contribution is 2.59. The van der Waals surface area contributed by atoms with Gasteiger partial charge in [0.2, 0.25) is 17.7 Å². The van der Waals surface area contributed by atoms with E-state index in [4.69, 9.17) is 16.3 Å². The number of aliphatic hydroxyl groups is 1. The van der Waals surface area contributed by atoms with E-state index < -0.39 is 41.5 Å². The molecule has 3 heterocycles. The van der Waals surface area contributed by atoms with E-state index in [1.165, 1.54) is 4.90 Å². The minimum absolute atomic E-state index is 0.181. The molecular formula is C29H34ClN3O5. The van der Waals surface area contributed by atoms with Crippen LogP contribution in [0.3, 0.4) is 0 Å². The Labute approximate surface area is 227 Å². The first-order chi connectivity index (χ1) is 18.2. The molecule has 2 aromatic carbocycles. The lowest BCUT2D eigenvalue weighted by atomic mass is 9.70. The van der Waals surface area contributed by atoms with Crippen molar-refractivity contribution in [3.63, 3.8) is 0 Å². The molecule has 3 amide bonds. The van der Waals surface area contributed by atoms with Gasteiger partial charge in [0.1, 0.15) is 11.6 Å². The number of anilines is 1. The van der Waals surface area contributed by atoms with Crippen molar-refractivity contribution in [2.75, 3.05) is 11.9 Å². The van der Waals surface area contributed by atoms with Crippen LogP contribution in [0.15, 0.2) is 54.6 Å². The van der Waals surface area contributed by atoms with E-state index in [2.05, 4.69) is 10.6 Å². The first-order valence-corrected chi connectivity index (χ1v) is 13.6. The number of carbonyl (C=O) groups is 3. The number of fused-ring (bicyclic) bond motifs is 1. The fraction of sp³-hybridized carbons (Fsp3) is 0.483. The Bertz CT molecular complexity index is 1190. The van der Waals surface area contributed by atoms with Crippen molar-refractivity contribution in [3.8, 4) is 0 Å². The molecule has 9 heteroatoms. The smallest absolute Gasteiger partial charge is 0.250 e. The highest BCUT2D eigenvalue weighted by molar-refractivity contribution is 6.30. The van der Waals surface area contributed by atoms with Gasteiger partial charge >= 0.3 is 0 Å². The summed E-state index contributed by atoms with van der Waals surface area (Å²) >= 11 is 6.01. The van der Waals surface area contributed by atoms with Gasteiger partial charge in [0, 0.05) is 17.3 Å². The van der Waals surface area contributed by atoms with Crippen molar-refractivity contribution in [1.29, 1.82) is 0 Å². The Kier molecular flexibility index (Phi) is 7.49. The molecule has 3 fully saturated rings. The predicted molar refractivity (Wildman–Crippen MR) is 143 cm³/mol. The second-order valence-electron chi connectivity index (χ2n) is 11.0. The summed E-state index contributed by atoms with van der Waals surface area (Å²) in [5.41, 5.74) is 0.370. The molecule has 8 nitrogen and oxygen atoms in total. The van der Waals surface area contributed by atoms with Crippen LogP contribution >= 0.6 is 11.6 Å². The van der Waals surface area contributed by atoms with E-state index in [0.717, 1.165) is 5.56 Å². The third-order valence-corrected chi connectivity index (χ3v) is 8.31. The average Bonchev–Trinajstić information content (AvgIpc) is 3.55. The summed E-state index contributed by atoms with van der Waals surface area (Å²) in [4.78, 5) is 43.0. The summed E-state index contributed by atoms with van der Waals surface area (Å²) in [5, 5.41) is 16.8. The predicted octanol–water partition coefficient (Wildman–Crippen LogP) is 3.38. The lowest BCUT2D eigenvalue weighted by Gasteiger charge is -2.37. The molecule has 3 aliphatic heterocycles. The molecule has 0 aliphatic carbocycles. The molecule has 202 valence electrons. The van der Waals surface area contributed by atoms with Crippen molar-refractivity contribution in [2.24, 2.45) is 17.8 Å². The number of ether oxygens (including phenoxy) is 1. The number of benzene rings is 2. The van der Waals surface area contributed by atoms with Gasteiger partial charge in [-0.05, 0) is 55.0 Å². The third-order valence-electron chi connectivity index (χ3n) is 8.06. The van der Waals surface area contributed by atoms with Crippen molar-refractivity contribution in [3.05, 3.63) is 65.2 Å². The SMILES string of the molecule is CC(C)C[C@H](CO)N1C(=O)[C@@H]2[C@H](C(=O)NCc3ccccc3)[C@@H]3CCC2(O3)C1C(=O)Nc1ccc(Cl)cc1. The van der Waals surface area contributed by atoms with Gasteiger partial charge in [-0.3, -0.25) is 14.4 Å². The van der Waals surface area contributed by atoms with Crippen LogP contribution in [-0.2, 0) is 25.7 Å². The molecule has 5 rings (SSSR count). The maximum atomic E-state index is 14.1. The van der Waals surface area contributed by atoms with Crippen LogP contribution in [-0.4, -0.2) is 58.1 Å². The van der Waals surface area contributed by atoms with E-state index in [-0.39, 0.29) is 24.3 Å². The van der Waals surface area contributed by atoms with E-state index in [9.17, 15) is 19.5 Å². The Morgan fingerprint density at radius 3 is 2.50 bits per heavy atom. The average molecular weight is 540 g/mol. The highest BCUT2D eigenvalue weighted by atomic mass is 35.5. The van der Waals surface area contributed by atoms with Crippen molar-refractivity contribution in [1.82, 2.24) is 10.2 Å². The van der Waals surface area contributed by atoms with E-state index in [0.29, 0.717) is 36.5 Å². The molecule has 2 unspecified atom stereocenters. The topological polar surface area (TPSA) is 108 Å². The number of nitrogens with one attached hydrogen (secondary N) is 2. The molecule has 3 N–H and O–H groups in total. The van der Waals surface area contributed by atoms with Gasteiger partial charge in [0.05, 0.1) is 30.6 Å². The number of likely N-dealkylation sites (tertiary alicyclic amines) is 1. The minimum Gasteiger partial charge on any atom is -0.394 e. The monoisotopic (exact) mass is 539 g/mol. The van der Waals surface area contributed by atoms with Crippen molar-refractivity contribution >= 4 is 35.0 Å². The van der Waals surface area contributed by atoms with Crippen molar-refractivity contribution < 1.29 is 24.2 Å². The second-order valence-corrected chi connectivity index (χ2v) is 11.4. The highest BCUT2D eigenvalue weighted by Gasteiger charge is 2.75. The van der Waals surface area contributed by atoms with Crippen LogP contribution in [0, 0.1) is 17.8 Å². The summed E-state index contributed by atoms with van der Waals surface area (Å²) in [6.45, 7) is 4.07. The number of hydrogen-bond acceptors (Lipinski definition) is 5. The minimum atomic E-state index is -1.13. The maximum absolute atomic E-state index is 14.1. The van der Waals surface area contributed by atoms with Crippen LogP contribution in [0.25, 0.3) is 0 Å².